The van der Waals surface area contributed by atoms with Gasteiger partial charge in [-0.05, 0) is 61.9 Å². The van der Waals surface area contributed by atoms with Crippen molar-refractivity contribution >= 4 is 28.8 Å². The molecule has 2 aromatic rings. The SMILES string of the molecule is CC.CC1=NC2(O)c3[nH]ncc3C(C3CC3)N(Sc3ccc(C(F)(F)F)cc3)C2S1. The summed E-state index contributed by atoms with van der Waals surface area (Å²) in [6, 6.07) is 5.18. The van der Waals surface area contributed by atoms with Gasteiger partial charge in [-0.25, -0.2) is 9.30 Å². The molecular formula is C20H23F3N4OS2. The Labute approximate surface area is 181 Å². The van der Waals surface area contributed by atoms with E-state index in [9.17, 15) is 18.3 Å². The molecule has 3 atom stereocenters. The highest BCUT2D eigenvalue weighted by Crippen LogP contribution is 2.59. The number of fused-ring (bicyclic) bond motifs is 3. The Bertz CT molecular complexity index is 942. The summed E-state index contributed by atoms with van der Waals surface area (Å²) in [5.74, 6) is 0.435. The number of nitrogens with zero attached hydrogens (tertiary/aromatic N) is 3. The van der Waals surface area contributed by atoms with Crippen LogP contribution in [0.3, 0.4) is 0 Å². The van der Waals surface area contributed by atoms with Gasteiger partial charge in [0.05, 0.1) is 28.5 Å². The molecule has 1 fully saturated rings. The lowest BCUT2D eigenvalue weighted by Crippen LogP contribution is -2.49. The third-order valence-corrected chi connectivity index (χ3v) is 7.75. The molecule has 2 N–H and O–H groups in total. The third kappa shape index (κ3) is 3.68. The first-order valence-electron chi connectivity index (χ1n) is 9.90. The number of H-pyrrole nitrogens is 1. The molecule has 3 heterocycles. The lowest BCUT2D eigenvalue weighted by atomic mass is 9.92. The van der Waals surface area contributed by atoms with Crippen molar-refractivity contribution in [2.75, 3.05) is 0 Å². The fourth-order valence-electron chi connectivity index (χ4n) is 3.88. The van der Waals surface area contributed by atoms with Crippen molar-refractivity contribution in [3.63, 3.8) is 0 Å². The maximum absolute atomic E-state index is 12.9. The highest BCUT2D eigenvalue weighted by Gasteiger charge is 2.58. The smallest absolute Gasteiger partial charge is 0.362 e. The van der Waals surface area contributed by atoms with E-state index in [1.165, 1.54) is 35.8 Å². The maximum atomic E-state index is 12.9. The van der Waals surface area contributed by atoms with E-state index in [0.29, 0.717) is 16.5 Å². The number of alkyl halides is 3. The topological polar surface area (TPSA) is 64.5 Å². The summed E-state index contributed by atoms with van der Waals surface area (Å²) in [6.45, 7) is 5.85. The molecule has 5 rings (SSSR count). The van der Waals surface area contributed by atoms with E-state index in [4.69, 9.17) is 0 Å². The molecule has 162 valence electrons. The van der Waals surface area contributed by atoms with Crippen molar-refractivity contribution < 1.29 is 18.3 Å². The van der Waals surface area contributed by atoms with E-state index < -0.39 is 17.5 Å². The summed E-state index contributed by atoms with van der Waals surface area (Å²) in [5, 5.41) is 18.8. The first-order chi connectivity index (χ1) is 14.3. The number of aliphatic imine (C=N–C) groups is 1. The Morgan fingerprint density at radius 1 is 1.23 bits per heavy atom. The molecule has 1 aromatic heterocycles. The van der Waals surface area contributed by atoms with E-state index in [-0.39, 0.29) is 11.4 Å². The van der Waals surface area contributed by atoms with E-state index >= 15 is 0 Å². The van der Waals surface area contributed by atoms with Gasteiger partial charge in [0, 0.05) is 10.5 Å². The summed E-state index contributed by atoms with van der Waals surface area (Å²) in [4.78, 5) is 5.16. The summed E-state index contributed by atoms with van der Waals surface area (Å²) in [5.41, 5.74) is -0.565. The van der Waals surface area contributed by atoms with Crippen molar-refractivity contribution in [3.05, 3.63) is 47.3 Å². The first kappa shape index (κ1) is 21.7. The van der Waals surface area contributed by atoms with Crippen molar-refractivity contribution in [3.8, 4) is 0 Å². The molecule has 1 aromatic carbocycles. The van der Waals surface area contributed by atoms with Crippen LogP contribution in [0.25, 0.3) is 0 Å². The van der Waals surface area contributed by atoms with Crippen LogP contribution in [-0.2, 0) is 11.9 Å². The van der Waals surface area contributed by atoms with Crippen LogP contribution in [0.1, 0.15) is 56.5 Å². The monoisotopic (exact) mass is 456 g/mol. The average Bonchev–Trinajstić information content (AvgIpc) is 3.31. The zero-order chi connectivity index (χ0) is 21.7. The molecule has 0 bridgehead atoms. The third-order valence-electron chi connectivity index (χ3n) is 5.28. The van der Waals surface area contributed by atoms with E-state index in [2.05, 4.69) is 19.5 Å². The first-order valence-corrected chi connectivity index (χ1v) is 11.6. The number of aliphatic hydroxyl groups is 1. The molecule has 3 unspecified atom stereocenters. The van der Waals surface area contributed by atoms with Crippen LogP contribution in [0.2, 0.25) is 0 Å². The Hall–Kier alpha value is -1.49. The minimum atomic E-state index is -4.36. The van der Waals surface area contributed by atoms with Crippen molar-refractivity contribution in [1.29, 1.82) is 0 Å². The summed E-state index contributed by atoms with van der Waals surface area (Å²) >= 11 is 2.85. The predicted octanol–water partition coefficient (Wildman–Crippen LogP) is 5.57. The minimum Gasteiger partial charge on any atom is -0.362 e. The van der Waals surface area contributed by atoms with Crippen molar-refractivity contribution in [1.82, 2.24) is 14.5 Å². The van der Waals surface area contributed by atoms with Gasteiger partial charge in [0.1, 0.15) is 5.37 Å². The maximum Gasteiger partial charge on any atom is 0.416 e. The van der Waals surface area contributed by atoms with Crippen LogP contribution in [0.5, 0.6) is 0 Å². The zero-order valence-electron chi connectivity index (χ0n) is 16.8. The Balaban J connectivity index is 0.00000106. The Morgan fingerprint density at radius 2 is 1.90 bits per heavy atom. The van der Waals surface area contributed by atoms with Gasteiger partial charge in [-0.2, -0.15) is 18.3 Å². The van der Waals surface area contributed by atoms with Gasteiger partial charge in [0.2, 0.25) is 5.72 Å². The van der Waals surface area contributed by atoms with Gasteiger partial charge in [-0.3, -0.25) is 5.10 Å². The number of aromatic amines is 1. The number of nitrogens with one attached hydrogen (secondary N) is 1. The minimum absolute atomic E-state index is 0.0277. The second-order valence-electron chi connectivity index (χ2n) is 7.28. The largest absolute Gasteiger partial charge is 0.416 e. The lowest BCUT2D eigenvalue weighted by molar-refractivity contribution is -0.137. The second kappa shape index (κ2) is 7.89. The summed E-state index contributed by atoms with van der Waals surface area (Å²) < 4.78 is 40.7. The normalized spacial score (nSPS) is 28.3. The number of hydrogen-bond acceptors (Lipinski definition) is 6. The van der Waals surface area contributed by atoms with Crippen molar-refractivity contribution in [2.24, 2.45) is 10.9 Å². The fraction of sp³-hybridized carbons (Fsp3) is 0.500. The van der Waals surface area contributed by atoms with Crippen LogP contribution < -0.4 is 0 Å². The average molecular weight is 457 g/mol. The quantitative estimate of drug-likeness (QED) is 0.592. The zero-order valence-corrected chi connectivity index (χ0v) is 18.4. The number of hydrogen-bond donors (Lipinski definition) is 2. The molecule has 1 saturated carbocycles. The van der Waals surface area contributed by atoms with Crippen LogP contribution in [0.4, 0.5) is 13.2 Å². The van der Waals surface area contributed by atoms with Gasteiger partial charge >= 0.3 is 6.18 Å². The number of thioether (sulfide) groups is 1. The number of rotatable bonds is 3. The van der Waals surface area contributed by atoms with E-state index in [1.807, 2.05) is 20.8 Å². The van der Waals surface area contributed by atoms with Gasteiger partial charge in [-0.15, -0.1) is 0 Å². The second-order valence-corrected chi connectivity index (χ2v) is 9.63. The van der Waals surface area contributed by atoms with Gasteiger partial charge < -0.3 is 5.11 Å². The van der Waals surface area contributed by atoms with Gasteiger partial charge in [-0.1, -0.05) is 25.6 Å². The number of benzene rings is 1. The molecule has 0 amide bonds. The van der Waals surface area contributed by atoms with Crippen LogP contribution in [0.15, 0.2) is 40.4 Å². The van der Waals surface area contributed by atoms with Crippen LogP contribution in [0, 0.1) is 5.92 Å². The van der Waals surface area contributed by atoms with Crippen LogP contribution in [-0.4, -0.2) is 30.0 Å². The molecule has 0 spiro atoms. The summed E-state index contributed by atoms with van der Waals surface area (Å²) in [7, 11) is 0. The Kier molecular flexibility index (Phi) is 5.71. The van der Waals surface area contributed by atoms with Crippen molar-refractivity contribution in [2.45, 2.75) is 61.8 Å². The highest BCUT2D eigenvalue weighted by atomic mass is 32.2. The standard InChI is InChI=1S/C18H17F3N4OS2.C2H6/c1-9-23-17(26)15-13(8-22-24-15)14(10-2-3-10)25(16(17)27-9)28-12-6-4-11(5-7-12)18(19,20)21;1-2/h4-8,10,14,16,26H,2-3H2,1H3,(H,22,24);1-2H3. The number of halogens is 3. The molecule has 2 aliphatic heterocycles. The van der Waals surface area contributed by atoms with E-state index in [0.717, 1.165) is 35.6 Å². The van der Waals surface area contributed by atoms with E-state index in [1.54, 1.807) is 6.20 Å². The fourth-order valence-corrected chi connectivity index (χ4v) is 6.36. The Morgan fingerprint density at radius 3 is 2.50 bits per heavy atom. The summed E-state index contributed by atoms with van der Waals surface area (Å²) in [6.07, 6.45) is -0.465. The molecule has 5 nitrogen and oxygen atoms in total. The molecule has 0 radical (unpaired) electrons. The molecule has 1 aliphatic carbocycles. The van der Waals surface area contributed by atoms with Gasteiger partial charge in [0.15, 0.2) is 0 Å². The van der Waals surface area contributed by atoms with Gasteiger partial charge in [0.25, 0.3) is 0 Å². The number of aromatic nitrogens is 2. The molecule has 30 heavy (non-hydrogen) atoms. The molecule has 0 saturated heterocycles. The molecule has 3 aliphatic rings. The predicted molar refractivity (Wildman–Crippen MR) is 113 cm³/mol. The van der Waals surface area contributed by atoms with Crippen LogP contribution >= 0.6 is 23.7 Å². The lowest BCUT2D eigenvalue weighted by Gasteiger charge is -2.44. The molecular weight excluding hydrogens is 433 g/mol. The molecule has 10 heteroatoms. The highest BCUT2D eigenvalue weighted by molar-refractivity contribution is 8.15.